The molecule has 0 fully saturated rings. The molecule has 0 aromatic carbocycles. The molecule has 18 heavy (non-hydrogen) atoms. The summed E-state index contributed by atoms with van der Waals surface area (Å²) in [5.41, 5.74) is 1.26. The fourth-order valence-electron chi connectivity index (χ4n) is 1.56. The molecule has 0 radical (unpaired) electrons. The van der Waals surface area contributed by atoms with Crippen LogP contribution in [0.2, 0.25) is 0 Å². The SMILES string of the molecule is COc1cnc(-c2ccccn2)nc1CC(C)=O. The Balaban J connectivity index is 2.42. The largest absolute Gasteiger partial charge is 0.493 e. The highest BCUT2D eigenvalue weighted by Crippen LogP contribution is 2.19. The Morgan fingerprint density at radius 2 is 2.17 bits per heavy atom. The first-order valence-electron chi connectivity index (χ1n) is 5.51. The molecular formula is C13H13N3O2. The number of rotatable bonds is 4. The van der Waals surface area contributed by atoms with Gasteiger partial charge in [-0.05, 0) is 19.1 Å². The molecule has 0 aliphatic carbocycles. The molecule has 2 aromatic heterocycles. The maximum Gasteiger partial charge on any atom is 0.178 e. The quantitative estimate of drug-likeness (QED) is 0.817. The molecule has 92 valence electrons. The molecule has 0 atom stereocenters. The first kappa shape index (κ1) is 12.2. The van der Waals surface area contributed by atoms with Gasteiger partial charge in [0.05, 0.1) is 25.4 Å². The fourth-order valence-corrected chi connectivity index (χ4v) is 1.56. The third-order valence-corrected chi connectivity index (χ3v) is 2.36. The Morgan fingerprint density at radius 3 is 2.78 bits per heavy atom. The van der Waals surface area contributed by atoms with Gasteiger partial charge < -0.3 is 4.74 Å². The van der Waals surface area contributed by atoms with Crippen LogP contribution in [0.3, 0.4) is 0 Å². The van der Waals surface area contributed by atoms with E-state index in [1.165, 1.54) is 14.0 Å². The van der Waals surface area contributed by atoms with E-state index in [9.17, 15) is 4.79 Å². The van der Waals surface area contributed by atoms with E-state index in [4.69, 9.17) is 4.74 Å². The first-order chi connectivity index (χ1) is 8.70. The zero-order valence-corrected chi connectivity index (χ0v) is 10.3. The van der Waals surface area contributed by atoms with Gasteiger partial charge in [-0.2, -0.15) is 0 Å². The number of hydrogen-bond acceptors (Lipinski definition) is 5. The van der Waals surface area contributed by atoms with E-state index in [0.29, 0.717) is 23.0 Å². The van der Waals surface area contributed by atoms with Gasteiger partial charge in [0, 0.05) is 6.20 Å². The number of ketones is 1. The van der Waals surface area contributed by atoms with Gasteiger partial charge in [-0.1, -0.05) is 6.07 Å². The number of carbonyl (C=O) groups is 1. The van der Waals surface area contributed by atoms with Gasteiger partial charge >= 0.3 is 0 Å². The summed E-state index contributed by atoms with van der Waals surface area (Å²) < 4.78 is 5.14. The molecule has 0 aliphatic rings. The molecule has 0 saturated carbocycles. The van der Waals surface area contributed by atoms with Crippen LogP contribution in [0.15, 0.2) is 30.6 Å². The van der Waals surface area contributed by atoms with Gasteiger partial charge in [0.1, 0.15) is 11.5 Å². The summed E-state index contributed by atoms with van der Waals surface area (Å²) in [6, 6.07) is 5.50. The number of hydrogen-bond donors (Lipinski definition) is 0. The monoisotopic (exact) mass is 243 g/mol. The lowest BCUT2D eigenvalue weighted by molar-refractivity contribution is -0.116. The van der Waals surface area contributed by atoms with Gasteiger partial charge in [-0.3, -0.25) is 9.78 Å². The van der Waals surface area contributed by atoms with Crippen LogP contribution in [0.1, 0.15) is 12.6 Å². The molecule has 2 aromatic rings. The van der Waals surface area contributed by atoms with E-state index in [-0.39, 0.29) is 12.2 Å². The molecule has 5 heteroatoms. The van der Waals surface area contributed by atoms with Crippen molar-refractivity contribution in [2.75, 3.05) is 7.11 Å². The number of Topliss-reactive ketones (excluding diaryl/α,β-unsaturated/α-hetero) is 1. The van der Waals surface area contributed by atoms with Gasteiger partial charge in [-0.25, -0.2) is 9.97 Å². The number of carbonyl (C=O) groups excluding carboxylic acids is 1. The van der Waals surface area contributed by atoms with Gasteiger partial charge in [0.25, 0.3) is 0 Å². The number of aromatic nitrogens is 3. The first-order valence-corrected chi connectivity index (χ1v) is 5.51. The van der Waals surface area contributed by atoms with E-state index < -0.39 is 0 Å². The number of methoxy groups -OCH3 is 1. The maximum atomic E-state index is 11.2. The molecule has 2 heterocycles. The minimum Gasteiger partial charge on any atom is -0.493 e. The Morgan fingerprint density at radius 1 is 1.33 bits per heavy atom. The maximum absolute atomic E-state index is 11.2. The van der Waals surface area contributed by atoms with Crippen molar-refractivity contribution in [3.05, 3.63) is 36.3 Å². The normalized spacial score (nSPS) is 10.1. The van der Waals surface area contributed by atoms with Crippen molar-refractivity contribution >= 4 is 5.78 Å². The zero-order chi connectivity index (χ0) is 13.0. The van der Waals surface area contributed by atoms with Crippen molar-refractivity contribution in [2.24, 2.45) is 0 Å². The summed E-state index contributed by atoms with van der Waals surface area (Å²) in [4.78, 5) is 23.9. The van der Waals surface area contributed by atoms with E-state index in [1.54, 1.807) is 12.4 Å². The summed E-state index contributed by atoms with van der Waals surface area (Å²) in [6.45, 7) is 1.52. The van der Waals surface area contributed by atoms with Crippen molar-refractivity contribution in [1.82, 2.24) is 15.0 Å². The Kier molecular flexibility index (Phi) is 3.62. The van der Waals surface area contributed by atoms with Crippen LogP contribution in [-0.2, 0) is 11.2 Å². The average molecular weight is 243 g/mol. The van der Waals surface area contributed by atoms with Crippen molar-refractivity contribution in [3.63, 3.8) is 0 Å². The number of nitrogens with zero attached hydrogens (tertiary/aromatic N) is 3. The van der Waals surface area contributed by atoms with Crippen molar-refractivity contribution < 1.29 is 9.53 Å². The van der Waals surface area contributed by atoms with Gasteiger partial charge in [-0.15, -0.1) is 0 Å². The molecule has 0 bridgehead atoms. The molecule has 0 aliphatic heterocycles. The standard InChI is InChI=1S/C13H13N3O2/c1-9(17)7-11-12(18-2)8-15-13(16-11)10-5-3-4-6-14-10/h3-6,8H,7H2,1-2H3. The predicted molar refractivity (Wildman–Crippen MR) is 66.2 cm³/mol. The topological polar surface area (TPSA) is 65.0 Å². The molecule has 0 N–H and O–H groups in total. The zero-order valence-electron chi connectivity index (χ0n) is 10.3. The highest BCUT2D eigenvalue weighted by molar-refractivity contribution is 5.78. The van der Waals surface area contributed by atoms with Crippen molar-refractivity contribution in [3.8, 4) is 17.3 Å². The second kappa shape index (κ2) is 5.35. The predicted octanol–water partition coefficient (Wildman–Crippen LogP) is 1.68. The van der Waals surface area contributed by atoms with Crippen LogP contribution in [0.4, 0.5) is 0 Å². The van der Waals surface area contributed by atoms with E-state index in [0.717, 1.165) is 0 Å². The average Bonchev–Trinajstić information content (AvgIpc) is 2.39. The van der Waals surface area contributed by atoms with Crippen LogP contribution < -0.4 is 4.74 Å². The molecule has 0 saturated heterocycles. The lowest BCUT2D eigenvalue weighted by Gasteiger charge is -2.07. The fraction of sp³-hybridized carbons (Fsp3) is 0.231. The smallest absolute Gasteiger partial charge is 0.178 e. The minimum absolute atomic E-state index is 0.0268. The Bertz CT molecular complexity index is 555. The highest BCUT2D eigenvalue weighted by Gasteiger charge is 2.11. The highest BCUT2D eigenvalue weighted by atomic mass is 16.5. The lowest BCUT2D eigenvalue weighted by atomic mass is 10.2. The number of ether oxygens (including phenoxy) is 1. The van der Waals surface area contributed by atoms with Crippen molar-refractivity contribution in [2.45, 2.75) is 13.3 Å². The minimum atomic E-state index is 0.0268. The summed E-state index contributed by atoms with van der Waals surface area (Å²) in [5.74, 6) is 1.04. The van der Waals surface area contributed by atoms with Crippen LogP contribution in [-0.4, -0.2) is 27.8 Å². The third-order valence-electron chi connectivity index (χ3n) is 2.36. The van der Waals surface area contributed by atoms with E-state index in [1.807, 2.05) is 18.2 Å². The van der Waals surface area contributed by atoms with Gasteiger partial charge in [0.15, 0.2) is 11.6 Å². The van der Waals surface area contributed by atoms with Crippen LogP contribution >= 0.6 is 0 Å². The molecular weight excluding hydrogens is 230 g/mol. The summed E-state index contributed by atoms with van der Waals surface area (Å²) >= 11 is 0. The molecule has 5 nitrogen and oxygen atoms in total. The van der Waals surface area contributed by atoms with Crippen LogP contribution in [0.25, 0.3) is 11.5 Å². The molecule has 0 unspecified atom stereocenters. The Hall–Kier alpha value is -2.30. The van der Waals surface area contributed by atoms with E-state index >= 15 is 0 Å². The molecule has 0 amide bonds. The second-order valence-corrected chi connectivity index (χ2v) is 3.80. The Labute approximate surface area is 105 Å². The van der Waals surface area contributed by atoms with Crippen LogP contribution in [0, 0.1) is 0 Å². The second-order valence-electron chi connectivity index (χ2n) is 3.80. The van der Waals surface area contributed by atoms with Crippen LogP contribution in [0.5, 0.6) is 5.75 Å². The molecule has 0 spiro atoms. The number of pyridine rings is 1. The summed E-state index contributed by atoms with van der Waals surface area (Å²) in [5, 5.41) is 0. The van der Waals surface area contributed by atoms with Gasteiger partial charge in [0.2, 0.25) is 0 Å². The summed E-state index contributed by atoms with van der Waals surface area (Å²) in [7, 11) is 1.53. The third kappa shape index (κ3) is 2.68. The molecule has 2 rings (SSSR count). The van der Waals surface area contributed by atoms with E-state index in [2.05, 4.69) is 15.0 Å². The van der Waals surface area contributed by atoms with Crippen molar-refractivity contribution in [1.29, 1.82) is 0 Å². The summed E-state index contributed by atoms with van der Waals surface area (Å²) in [6.07, 6.45) is 3.47. The lowest BCUT2D eigenvalue weighted by Crippen LogP contribution is -2.05.